The predicted octanol–water partition coefficient (Wildman–Crippen LogP) is 23.1. The van der Waals surface area contributed by atoms with Crippen LogP contribution in [0.4, 0.5) is 0 Å². The minimum Gasteiger partial charge on any atom is -0.462 e. The van der Waals surface area contributed by atoms with E-state index >= 15 is 0 Å². The average Bonchev–Trinajstić information content (AvgIpc) is 3.53. The minimum atomic E-state index is -4.40. The second kappa shape index (κ2) is 69.5. The highest BCUT2D eigenvalue weighted by Gasteiger charge is 2.26. The largest absolute Gasteiger partial charge is 0.472 e. The maximum absolute atomic E-state index is 12.8. The Balaban J connectivity index is 3.86. The normalized spacial score (nSPS) is 13.7. The molecule has 0 saturated carbocycles. The van der Waals surface area contributed by atoms with Crippen LogP contribution in [0.1, 0.15) is 309 Å². The molecular weight excluding hydrogens is 1070 g/mol. The van der Waals surface area contributed by atoms with Crippen LogP contribution >= 0.6 is 7.82 Å². The van der Waals surface area contributed by atoms with Gasteiger partial charge in [-0.05, 0) is 103 Å². The van der Waals surface area contributed by atoms with E-state index in [9.17, 15) is 19.0 Å². The molecule has 0 aromatic rings. The number of carbonyl (C=O) groups excluding carboxylic acids is 2. The Labute approximate surface area is 523 Å². The predicted molar refractivity (Wildman–Crippen MR) is 367 cm³/mol. The van der Waals surface area contributed by atoms with Crippen LogP contribution in [0, 0.1) is 0 Å². The van der Waals surface area contributed by atoms with Crippen molar-refractivity contribution in [1.29, 1.82) is 0 Å². The zero-order valence-corrected chi connectivity index (χ0v) is 55.7. The van der Waals surface area contributed by atoms with E-state index in [0.717, 1.165) is 109 Å². The van der Waals surface area contributed by atoms with Crippen molar-refractivity contribution in [3.05, 3.63) is 122 Å². The van der Waals surface area contributed by atoms with E-state index in [4.69, 9.17) is 24.3 Å². The number of esters is 2. The van der Waals surface area contributed by atoms with Gasteiger partial charge in [-0.25, -0.2) is 4.57 Å². The van der Waals surface area contributed by atoms with Gasteiger partial charge in [0.25, 0.3) is 0 Å². The summed E-state index contributed by atoms with van der Waals surface area (Å²) in [7, 11) is -4.40. The molecule has 0 aliphatic heterocycles. The fourth-order valence-corrected chi connectivity index (χ4v) is 10.5. The summed E-state index contributed by atoms with van der Waals surface area (Å²) in [5.41, 5.74) is 5.40. The monoisotopic (exact) mass is 1200 g/mol. The molecule has 2 atom stereocenters. The SMILES string of the molecule is CC/C=C\C/C=C\C/C=C\C/C=C\C/C=C\C/C=C\CCCCCCCCCCC(=O)OC(COC(=O)CCCCCCCCCCCCCCCCCCCCCCCCCC/C=C\C/C=C\C/C=C\C/C=C\CC)COP(=O)(O)OCCN. The van der Waals surface area contributed by atoms with Crippen molar-refractivity contribution in [2.75, 3.05) is 26.4 Å². The number of phosphoric acid groups is 1. The molecule has 9 nitrogen and oxygen atoms in total. The number of carbonyl (C=O) groups is 2. The van der Waals surface area contributed by atoms with Crippen LogP contribution in [-0.2, 0) is 32.7 Å². The maximum Gasteiger partial charge on any atom is 0.472 e. The van der Waals surface area contributed by atoms with Gasteiger partial charge in [-0.1, -0.05) is 315 Å². The van der Waals surface area contributed by atoms with Crippen molar-refractivity contribution >= 4 is 19.8 Å². The first-order chi connectivity index (χ1) is 41.8. The highest BCUT2D eigenvalue weighted by atomic mass is 31.2. The maximum atomic E-state index is 12.8. The summed E-state index contributed by atoms with van der Waals surface area (Å²) < 4.78 is 33.2. The van der Waals surface area contributed by atoms with Gasteiger partial charge in [-0.15, -0.1) is 0 Å². The van der Waals surface area contributed by atoms with Gasteiger partial charge in [-0.2, -0.15) is 0 Å². The summed E-state index contributed by atoms with van der Waals surface area (Å²) in [6.07, 6.45) is 97.2. The number of hydrogen-bond donors (Lipinski definition) is 2. The number of phosphoric ester groups is 1. The molecule has 3 N–H and O–H groups in total. The molecule has 0 bridgehead atoms. The highest BCUT2D eigenvalue weighted by molar-refractivity contribution is 7.47. The summed E-state index contributed by atoms with van der Waals surface area (Å²) in [6.45, 7) is 3.53. The van der Waals surface area contributed by atoms with Gasteiger partial charge in [0, 0.05) is 19.4 Å². The summed E-state index contributed by atoms with van der Waals surface area (Å²) in [6, 6.07) is 0. The van der Waals surface area contributed by atoms with Crippen molar-refractivity contribution in [2.24, 2.45) is 5.73 Å². The van der Waals surface area contributed by atoms with Crippen molar-refractivity contribution in [2.45, 2.75) is 315 Å². The van der Waals surface area contributed by atoms with Gasteiger partial charge in [0.2, 0.25) is 0 Å². The number of allylic oxidation sites excluding steroid dienone is 20. The topological polar surface area (TPSA) is 134 Å². The molecule has 0 aliphatic rings. The van der Waals surface area contributed by atoms with E-state index in [2.05, 4.69) is 135 Å². The van der Waals surface area contributed by atoms with Crippen molar-refractivity contribution in [1.82, 2.24) is 0 Å². The van der Waals surface area contributed by atoms with Gasteiger partial charge < -0.3 is 20.1 Å². The molecule has 10 heteroatoms. The Morgan fingerprint density at radius 2 is 0.612 bits per heavy atom. The van der Waals surface area contributed by atoms with Crippen LogP contribution in [0.25, 0.3) is 0 Å². The highest BCUT2D eigenvalue weighted by Crippen LogP contribution is 2.43. The van der Waals surface area contributed by atoms with Crippen LogP contribution in [0.2, 0.25) is 0 Å². The molecule has 0 rings (SSSR count). The Bertz CT molecular complexity index is 1810. The lowest BCUT2D eigenvalue weighted by Crippen LogP contribution is -2.29. The fourth-order valence-electron chi connectivity index (χ4n) is 9.75. The number of hydrogen-bond acceptors (Lipinski definition) is 8. The van der Waals surface area contributed by atoms with Gasteiger partial charge in [0.1, 0.15) is 6.61 Å². The van der Waals surface area contributed by atoms with Gasteiger partial charge in [0.05, 0.1) is 13.2 Å². The van der Waals surface area contributed by atoms with Crippen LogP contribution in [0.5, 0.6) is 0 Å². The third-order valence-electron chi connectivity index (χ3n) is 14.8. The lowest BCUT2D eigenvalue weighted by molar-refractivity contribution is -0.161. The molecule has 0 amide bonds. The van der Waals surface area contributed by atoms with E-state index in [-0.39, 0.29) is 38.6 Å². The smallest absolute Gasteiger partial charge is 0.462 e. The first-order valence-corrected chi connectivity index (χ1v) is 36.5. The summed E-state index contributed by atoms with van der Waals surface area (Å²) >= 11 is 0. The molecule has 85 heavy (non-hydrogen) atoms. The third kappa shape index (κ3) is 69.4. The fraction of sp³-hybridized carbons (Fsp3) is 0.707. The van der Waals surface area contributed by atoms with Crippen LogP contribution in [0.15, 0.2) is 122 Å². The average molecular weight is 1200 g/mol. The van der Waals surface area contributed by atoms with Crippen LogP contribution in [-0.4, -0.2) is 49.3 Å². The zero-order chi connectivity index (χ0) is 61.6. The van der Waals surface area contributed by atoms with Crippen LogP contribution in [0.3, 0.4) is 0 Å². The summed E-state index contributed by atoms with van der Waals surface area (Å²) in [5.74, 6) is -0.831. The van der Waals surface area contributed by atoms with Gasteiger partial charge in [0.15, 0.2) is 6.10 Å². The van der Waals surface area contributed by atoms with Crippen molar-refractivity contribution in [3.63, 3.8) is 0 Å². The molecule has 0 aromatic carbocycles. The Hall–Kier alpha value is -3.59. The molecule has 2 unspecified atom stereocenters. The molecule has 488 valence electrons. The van der Waals surface area contributed by atoms with Crippen molar-refractivity contribution < 1.29 is 37.6 Å². The molecule has 0 fully saturated rings. The van der Waals surface area contributed by atoms with Crippen LogP contribution < -0.4 is 5.73 Å². The standard InChI is InChI=1S/C75H130NO8P/c1-3-5-7-9-11-13-15-17-19-21-23-25-27-29-31-32-33-34-35-36-37-38-39-40-42-43-45-47-49-51-53-55-57-59-61-63-65-67-74(77)81-71-73(72-83-85(79,80)82-70-69-76)84-75(78)68-66-64-62-60-58-56-54-52-50-48-46-44-41-30-28-26-24-22-20-18-16-14-12-10-8-6-4-2/h5-8,11-14,17-20,23-26,30,41,46,48,73H,3-4,9-10,15-16,21-22,27-29,31-40,42-45,47,49-72,76H2,1-2H3,(H,79,80)/b7-5-,8-6-,13-11-,14-12-,19-17-,20-18-,25-23-,26-24-,41-30-,48-46-. The molecule has 0 saturated heterocycles. The third-order valence-corrected chi connectivity index (χ3v) is 15.8. The minimum absolute atomic E-state index is 0.0481. The Morgan fingerprint density at radius 3 is 0.906 bits per heavy atom. The number of ether oxygens (including phenoxy) is 2. The molecule has 0 radical (unpaired) electrons. The molecular formula is C75H130NO8P. The quantitative estimate of drug-likeness (QED) is 0.0264. The number of nitrogens with two attached hydrogens (primary N) is 1. The van der Waals surface area contributed by atoms with E-state index in [0.29, 0.717) is 6.42 Å². The Kier molecular flexibility index (Phi) is 66.6. The number of rotatable bonds is 65. The first-order valence-electron chi connectivity index (χ1n) is 35.0. The molecule has 0 aromatic heterocycles. The summed E-state index contributed by atoms with van der Waals surface area (Å²) in [4.78, 5) is 35.4. The van der Waals surface area contributed by atoms with Gasteiger partial charge in [-0.3, -0.25) is 18.6 Å². The van der Waals surface area contributed by atoms with E-state index in [1.165, 1.54) is 167 Å². The molecule has 0 spiro atoms. The second-order valence-electron chi connectivity index (χ2n) is 23.0. The number of unbranched alkanes of at least 4 members (excludes halogenated alkanes) is 32. The lowest BCUT2D eigenvalue weighted by atomic mass is 10.0. The van der Waals surface area contributed by atoms with Crippen molar-refractivity contribution in [3.8, 4) is 0 Å². The summed E-state index contributed by atoms with van der Waals surface area (Å²) in [5, 5.41) is 0. The first kappa shape index (κ1) is 81.4. The molecule has 0 heterocycles. The van der Waals surface area contributed by atoms with Gasteiger partial charge >= 0.3 is 19.8 Å². The zero-order valence-electron chi connectivity index (χ0n) is 54.8. The second-order valence-corrected chi connectivity index (χ2v) is 24.4. The Morgan fingerprint density at radius 1 is 0.353 bits per heavy atom. The van der Waals surface area contributed by atoms with E-state index in [1.807, 2.05) is 0 Å². The lowest BCUT2D eigenvalue weighted by Gasteiger charge is -2.19. The van der Waals surface area contributed by atoms with E-state index in [1.54, 1.807) is 0 Å². The molecule has 0 aliphatic carbocycles. The van der Waals surface area contributed by atoms with E-state index < -0.39 is 26.5 Å².